The molecule has 0 aliphatic rings. The van der Waals surface area contributed by atoms with Crippen LogP contribution in [-0.4, -0.2) is 6.54 Å². The highest BCUT2D eigenvalue weighted by atomic mass is 14.5. The van der Waals surface area contributed by atoms with Gasteiger partial charge in [0.1, 0.15) is 0 Å². The zero-order valence-electron chi connectivity index (χ0n) is 7.43. The first-order chi connectivity index (χ1) is 5.29. The molecule has 1 nitrogen and oxygen atoms in total. The number of hydrogen-bond acceptors (Lipinski definition) is 1. The van der Waals surface area contributed by atoms with Crippen LogP contribution in [0.5, 0.6) is 0 Å². The first-order valence-electron chi connectivity index (χ1n) is 3.97. The van der Waals surface area contributed by atoms with Crippen molar-refractivity contribution in [2.24, 2.45) is 5.73 Å². The third-order valence-corrected chi connectivity index (χ3v) is 1.63. The molecule has 0 radical (unpaired) electrons. The van der Waals surface area contributed by atoms with Gasteiger partial charge in [-0.3, -0.25) is 0 Å². The van der Waals surface area contributed by atoms with Gasteiger partial charge in [-0.25, -0.2) is 0 Å². The average molecular weight is 151 g/mol. The van der Waals surface area contributed by atoms with Crippen LogP contribution in [0.3, 0.4) is 0 Å². The quantitative estimate of drug-likeness (QED) is 0.613. The summed E-state index contributed by atoms with van der Waals surface area (Å²) in [4.78, 5) is 0. The molecule has 0 atom stereocenters. The van der Waals surface area contributed by atoms with E-state index in [0.717, 1.165) is 6.42 Å². The molecule has 0 amide bonds. The van der Waals surface area contributed by atoms with Crippen molar-refractivity contribution in [2.45, 2.75) is 20.3 Å². The molecule has 0 aromatic rings. The Hall–Kier alpha value is -0.820. The summed E-state index contributed by atoms with van der Waals surface area (Å²) in [7, 11) is 0. The van der Waals surface area contributed by atoms with E-state index in [1.54, 1.807) is 0 Å². The highest BCUT2D eigenvalue weighted by Crippen LogP contribution is 2.09. The summed E-state index contributed by atoms with van der Waals surface area (Å²) in [5.41, 5.74) is 7.98. The minimum atomic E-state index is 0.597. The van der Waals surface area contributed by atoms with Crippen LogP contribution in [0.25, 0.3) is 0 Å². The van der Waals surface area contributed by atoms with E-state index in [0.29, 0.717) is 6.54 Å². The molecule has 0 aromatic heterocycles. The van der Waals surface area contributed by atoms with Gasteiger partial charge in [0.25, 0.3) is 0 Å². The van der Waals surface area contributed by atoms with Crippen molar-refractivity contribution in [1.82, 2.24) is 0 Å². The number of hydrogen-bond donors (Lipinski definition) is 1. The van der Waals surface area contributed by atoms with E-state index in [1.807, 2.05) is 25.2 Å². The summed E-state index contributed by atoms with van der Waals surface area (Å²) in [6, 6.07) is 0. The van der Waals surface area contributed by atoms with E-state index >= 15 is 0 Å². The van der Waals surface area contributed by atoms with Gasteiger partial charge < -0.3 is 5.73 Å². The zero-order valence-corrected chi connectivity index (χ0v) is 7.43. The summed E-state index contributed by atoms with van der Waals surface area (Å²) in [6.07, 6.45) is 6.92. The predicted molar refractivity (Wildman–Crippen MR) is 51.4 cm³/mol. The largest absolute Gasteiger partial charge is 0.326 e. The van der Waals surface area contributed by atoms with Crippen LogP contribution in [-0.2, 0) is 0 Å². The Kier molecular flexibility index (Phi) is 5.49. The lowest BCUT2D eigenvalue weighted by molar-refractivity contribution is 1.07. The standard InChI is InChI=1S/C10H17N/c1-4-7-10(8-11)9(5-2)6-3/h4-5,7H,2,6,8,11H2,1,3H3/b7-4-,10-9-. The zero-order chi connectivity index (χ0) is 8.69. The lowest BCUT2D eigenvalue weighted by atomic mass is 10.1. The summed E-state index contributed by atoms with van der Waals surface area (Å²) in [6.45, 7) is 8.43. The molecule has 62 valence electrons. The van der Waals surface area contributed by atoms with E-state index < -0.39 is 0 Å². The van der Waals surface area contributed by atoms with Gasteiger partial charge >= 0.3 is 0 Å². The summed E-state index contributed by atoms with van der Waals surface area (Å²) in [5, 5.41) is 0. The van der Waals surface area contributed by atoms with Crippen molar-refractivity contribution in [3.63, 3.8) is 0 Å². The second kappa shape index (κ2) is 5.93. The molecule has 0 saturated carbocycles. The van der Waals surface area contributed by atoms with Crippen LogP contribution in [0.15, 0.2) is 36.0 Å². The van der Waals surface area contributed by atoms with E-state index in [2.05, 4.69) is 13.5 Å². The minimum Gasteiger partial charge on any atom is -0.326 e. The lowest BCUT2D eigenvalue weighted by Gasteiger charge is -2.03. The van der Waals surface area contributed by atoms with Crippen LogP contribution in [0.1, 0.15) is 20.3 Å². The topological polar surface area (TPSA) is 26.0 Å². The molecule has 0 fully saturated rings. The van der Waals surface area contributed by atoms with E-state index in [-0.39, 0.29) is 0 Å². The molecule has 11 heavy (non-hydrogen) atoms. The molecule has 0 aliphatic heterocycles. The van der Waals surface area contributed by atoms with E-state index in [9.17, 15) is 0 Å². The lowest BCUT2D eigenvalue weighted by Crippen LogP contribution is -2.03. The van der Waals surface area contributed by atoms with Gasteiger partial charge in [-0.1, -0.05) is 31.7 Å². The van der Waals surface area contributed by atoms with Crippen LogP contribution >= 0.6 is 0 Å². The molecular weight excluding hydrogens is 134 g/mol. The average Bonchev–Trinajstić information content (AvgIpc) is 2.05. The Morgan fingerprint density at radius 2 is 2.09 bits per heavy atom. The van der Waals surface area contributed by atoms with Gasteiger partial charge in [0.15, 0.2) is 0 Å². The number of rotatable bonds is 4. The molecule has 0 heterocycles. The Morgan fingerprint density at radius 1 is 1.45 bits per heavy atom. The van der Waals surface area contributed by atoms with Gasteiger partial charge in [0, 0.05) is 6.54 Å². The van der Waals surface area contributed by atoms with Crippen molar-refractivity contribution in [3.8, 4) is 0 Å². The molecular formula is C10H17N. The third kappa shape index (κ3) is 3.19. The first-order valence-corrected chi connectivity index (χ1v) is 3.97. The van der Waals surface area contributed by atoms with Crippen molar-refractivity contribution >= 4 is 0 Å². The normalized spacial score (nSPS) is 13.4. The van der Waals surface area contributed by atoms with Crippen LogP contribution in [0.2, 0.25) is 0 Å². The van der Waals surface area contributed by atoms with Gasteiger partial charge in [0.2, 0.25) is 0 Å². The molecule has 0 saturated heterocycles. The smallest absolute Gasteiger partial charge is 0.0180 e. The Morgan fingerprint density at radius 3 is 2.36 bits per heavy atom. The Labute approximate surface area is 69.3 Å². The maximum atomic E-state index is 5.55. The first kappa shape index (κ1) is 10.2. The van der Waals surface area contributed by atoms with Crippen LogP contribution < -0.4 is 5.73 Å². The molecule has 0 aromatic carbocycles. The van der Waals surface area contributed by atoms with E-state index in [4.69, 9.17) is 5.73 Å². The fourth-order valence-electron chi connectivity index (χ4n) is 1.01. The molecule has 1 heteroatoms. The molecule has 0 bridgehead atoms. The highest BCUT2D eigenvalue weighted by molar-refractivity contribution is 5.32. The second-order valence-electron chi connectivity index (χ2n) is 2.31. The molecule has 2 N–H and O–H groups in total. The maximum absolute atomic E-state index is 5.55. The van der Waals surface area contributed by atoms with Gasteiger partial charge in [0.05, 0.1) is 0 Å². The maximum Gasteiger partial charge on any atom is 0.0180 e. The Balaban J connectivity index is 4.61. The van der Waals surface area contributed by atoms with Gasteiger partial charge in [-0.15, -0.1) is 0 Å². The highest BCUT2D eigenvalue weighted by Gasteiger charge is 1.94. The molecule has 0 aliphatic carbocycles. The van der Waals surface area contributed by atoms with E-state index in [1.165, 1.54) is 11.1 Å². The van der Waals surface area contributed by atoms with Crippen molar-refractivity contribution in [2.75, 3.05) is 6.54 Å². The molecule has 0 unspecified atom stereocenters. The van der Waals surface area contributed by atoms with Gasteiger partial charge in [-0.2, -0.15) is 0 Å². The SMILES string of the molecule is C=C/C(CC)=C(\C=C/C)CN. The second-order valence-corrected chi connectivity index (χ2v) is 2.31. The summed E-state index contributed by atoms with van der Waals surface area (Å²) in [5.74, 6) is 0. The number of allylic oxidation sites excluding steroid dienone is 3. The van der Waals surface area contributed by atoms with Crippen LogP contribution in [0.4, 0.5) is 0 Å². The van der Waals surface area contributed by atoms with Crippen molar-refractivity contribution in [1.29, 1.82) is 0 Å². The van der Waals surface area contributed by atoms with Crippen molar-refractivity contribution < 1.29 is 0 Å². The van der Waals surface area contributed by atoms with Crippen molar-refractivity contribution in [3.05, 3.63) is 36.0 Å². The minimum absolute atomic E-state index is 0.597. The third-order valence-electron chi connectivity index (χ3n) is 1.63. The fraction of sp³-hybridized carbons (Fsp3) is 0.400. The Bertz CT molecular complexity index is 175. The summed E-state index contributed by atoms with van der Waals surface area (Å²) < 4.78 is 0. The van der Waals surface area contributed by atoms with Crippen LogP contribution in [0, 0.1) is 0 Å². The fourth-order valence-corrected chi connectivity index (χ4v) is 1.01. The monoisotopic (exact) mass is 151 g/mol. The predicted octanol–water partition coefficient (Wildman–Crippen LogP) is 2.41. The number of nitrogens with two attached hydrogens (primary N) is 1. The summed E-state index contributed by atoms with van der Waals surface area (Å²) >= 11 is 0. The van der Waals surface area contributed by atoms with Gasteiger partial charge in [-0.05, 0) is 24.5 Å². The molecule has 0 spiro atoms. The molecule has 0 rings (SSSR count).